The van der Waals surface area contributed by atoms with E-state index in [-0.39, 0.29) is 0 Å². The lowest BCUT2D eigenvalue weighted by molar-refractivity contribution is 0.665. The van der Waals surface area contributed by atoms with Gasteiger partial charge in [0.25, 0.3) is 0 Å². The van der Waals surface area contributed by atoms with Gasteiger partial charge in [-0.2, -0.15) is 0 Å². The molecule has 0 fully saturated rings. The zero-order valence-corrected chi connectivity index (χ0v) is 13.4. The summed E-state index contributed by atoms with van der Waals surface area (Å²) in [6.07, 6.45) is 1.16. The molecule has 4 heteroatoms. The molecule has 0 amide bonds. The van der Waals surface area contributed by atoms with Crippen molar-refractivity contribution < 1.29 is 0 Å². The average Bonchev–Trinajstić information content (AvgIpc) is 2.69. The normalized spacial score (nSPS) is 11.6. The number of nitrogens with one attached hydrogen (secondary N) is 1. The highest BCUT2D eigenvalue weighted by Crippen LogP contribution is 2.31. The Kier molecular flexibility index (Phi) is 6.09. The Balaban J connectivity index is 3.04. The van der Waals surface area contributed by atoms with Gasteiger partial charge in [0.2, 0.25) is 0 Å². The number of aromatic nitrogens is 1. The summed E-state index contributed by atoms with van der Waals surface area (Å²) in [5.74, 6) is 0.494. The van der Waals surface area contributed by atoms with Crippen molar-refractivity contribution in [3.8, 4) is 0 Å². The lowest BCUT2D eigenvalue weighted by atomic mass is 10.1. The molecule has 1 rings (SSSR count). The van der Waals surface area contributed by atoms with E-state index in [1.54, 1.807) is 0 Å². The van der Waals surface area contributed by atoms with E-state index in [1.807, 2.05) is 18.4 Å². The van der Waals surface area contributed by atoms with Gasteiger partial charge in [0.05, 0.1) is 5.69 Å². The Morgan fingerprint density at radius 1 is 1.28 bits per heavy atom. The number of thiazole rings is 1. The van der Waals surface area contributed by atoms with E-state index in [1.165, 1.54) is 15.7 Å². The first-order valence-electron chi connectivity index (χ1n) is 6.92. The summed E-state index contributed by atoms with van der Waals surface area (Å²) in [7, 11) is 2.00. The van der Waals surface area contributed by atoms with Gasteiger partial charge in [-0.1, -0.05) is 20.8 Å². The molecule has 18 heavy (non-hydrogen) atoms. The summed E-state index contributed by atoms with van der Waals surface area (Å²) < 4.78 is 0. The van der Waals surface area contributed by atoms with Crippen molar-refractivity contribution in [2.24, 2.45) is 0 Å². The van der Waals surface area contributed by atoms with E-state index in [9.17, 15) is 0 Å². The van der Waals surface area contributed by atoms with Gasteiger partial charge in [0.1, 0.15) is 0 Å². The number of rotatable bonds is 7. The molecule has 1 N–H and O–H groups in total. The van der Waals surface area contributed by atoms with E-state index < -0.39 is 0 Å². The van der Waals surface area contributed by atoms with Gasteiger partial charge in [0.15, 0.2) is 5.13 Å². The molecule has 1 heterocycles. The lowest BCUT2D eigenvalue weighted by Gasteiger charge is -2.25. The van der Waals surface area contributed by atoms with Crippen LogP contribution in [0.4, 0.5) is 5.13 Å². The molecule has 1 aromatic heterocycles. The van der Waals surface area contributed by atoms with Crippen LogP contribution in [0.25, 0.3) is 0 Å². The van der Waals surface area contributed by atoms with E-state index in [2.05, 4.69) is 44.8 Å². The molecule has 0 aliphatic rings. The van der Waals surface area contributed by atoms with Crippen LogP contribution in [0.15, 0.2) is 0 Å². The minimum atomic E-state index is 0.494. The van der Waals surface area contributed by atoms with Gasteiger partial charge < -0.3 is 10.2 Å². The zero-order chi connectivity index (χ0) is 13.7. The molecule has 0 unspecified atom stereocenters. The topological polar surface area (TPSA) is 28.2 Å². The monoisotopic (exact) mass is 269 g/mol. The molecular weight excluding hydrogens is 242 g/mol. The third-order valence-electron chi connectivity index (χ3n) is 2.93. The molecule has 0 aliphatic heterocycles. The summed E-state index contributed by atoms with van der Waals surface area (Å²) in [6.45, 7) is 13.1. The quantitative estimate of drug-likeness (QED) is 0.819. The predicted octanol–water partition coefficient (Wildman–Crippen LogP) is 3.61. The van der Waals surface area contributed by atoms with Crippen LogP contribution in [-0.2, 0) is 6.54 Å². The molecule has 0 aromatic carbocycles. The first-order chi connectivity index (χ1) is 8.51. The van der Waals surface area contributed by atoms with Crippen molar-refractivity contribution in [3.63, 3.8) is 0 Å². The molecular formula is C14H27N3S. The molecule has 0 aliphatic carbocycles. The Labute approximate surface area is 116 Å². The molecule has 0 saturated carbocycles. The van der Waals surface area contributed by atoms with Gasteiger partial charge in [0, 0.05) is 24.0 Å². The summed E-state index contributed by atoms with van der Waals surface area (Å²) in [5, 5.41) is 4.43. The number of nitrogens with zero attached hydrogens (tertiary/aromatic N) is 2. The maximum absolute atomic E-state index is 4.87. The van der Waals surface area contributed by atoms with Crippen molar-refractivity contribution in [1.29, 1.82) is 0 Å². The zero-order valence-electron chi connectivity index (χ0n) is 12.6. The fourth-order valence-corrected chi connectivity index (χ4v) is 3.41. The van der Waals surface area contributed by atoms with Crippen molar-refractivity contribution in [3.05, 3.63) is 10.6 Å². The van der Waals surface area contributed by atoms with Crippen molar-refractivity contribution in [1.82, 2.24) is 10.3 Å². The van der Waals surface area contributed by atoms with E-state index >= 15 is 0 Å². The van der Waals surface area contributed by atoms with Gasteiger partial charge >= 0.3 is 0 Å². The summed E-state index contributed by atoms with van der Waals surface area (Å²) in [4.78, 5) is 8.66. The number of hydrogen-bond acceptors (Lipinski definition) is 4. The Morgan fingerprint density at radius 3 is 2.39 bits per heavy atom. The molecule has 0 atom stereocenters. The van der Waals surface area contributed by atoms with Gasteiger partial charge in [-0.3, -0.25) is 0 Å². The second-order valence-electron chi connectivity index (χ2n) is 5.28. The molecule has 0 saturated heterocycles. The van der Waals surface area contributed by atoms with Crippen LogP contribution in [0, 0.1) is 0 Å². The van der Waals surface area contributed by atoms with E-state index in [0.29, 0.717) is 12.0 Å². The van der Waals surface area contributed by atoms with Crippen LogP contribution in [-0.4, -0.2) is 24.6 Å². The van der Waals surface area contributed by atoms with Crippen LogP contribution in [0.5, 0.6) is 0 Å². The van der Waals surface area contributed by atoms with Crippen LogP contribution in [0.1, 0.15) is 57.5 Å². The van der Waals surface area contributed by atoms with Crippen LogP contribution in [0.3, 0.4) is 0 Å². The van der Waals surface area contributed by atoms with Crippen LogP contribution >= 0.6 is 11.3 Å². The Bertz CT molecular complexity index is 358. The predicted molar refractivity (Wildman–Crippen MR) is 81.7 cm³/mol. The minimum Gasteiger partial charge on any atom is -0.346 e. The fraction of sp³-hybridized carbons (Fsp3) is 0.786. The van der Waals surface area contributed by atoms with Crippen molar-refractivity contribution in [2.75, 3.05) is 18.5 Å². The molecule has 0 spiro atoms. The third kappa shape index (κ3) is 3.69. The average molecular weight is 269 g/mol. The van der Waals surface area contributed by atoms with Crippen LogP contribution < -0.4 is 10.2 Å². The highest BCUT2D eigenvalue weighted by atomic mass is 32.1. The molecule has 3 nitrogen and oxygen atoms in total. The molecule has 1 aromatic rings. The number of anilines is 1. The van der Waals surface area contributed by atoms with Gasteiger partial charge in [-0.25, -0.2) is 4.98 Å². The third-order valence-corrected chi connectivity index (χ3v) is 4.04. The summed E-state index contributed by atoms with van der Waals surface area (Å²) in [5.41, 5.74) is 1.26. The standard InChI is InChI=1S/C14H27N3S/c1-7-8-17(11(4)5)14-16-13(10(2)3)12(18-14)9-15-6/h10-11,15H,7-9H2,1-6H3. The van der Waals surface area contributed by atoms with E-state index in [4.69, 9.17) is 4.98 Å². The second kappa shape index (κ2) is 7.10. The first kappa shape index (κ1) is 15.4. The minimum absolute atomic E-state index is 0.494. The first-order valence-corrected chi connectivity index (χ1v) is 7.73. The second-order valence-corrected chi connectivity index (χ2v) is 6.34. The van der Waals surface area contributed by atoms with E-state index in [0.717, 1.165) is 19.5 Å². The van der Waals surface area contributed by atoms with Crippen molar-refractivity contribution >= 4 is 16.5 Å². The van der Waals surface area contributed by atoms with Gasteiger partial charge in [-0.15, -0.1) is 11.3 Å². The highest BCUT2D eigenvalue weighted by molar-refractivity contribution is 7.15. The Morgan fingerprint density at radius 2 is 1.94 bits per heavy atom. The summed E-state index contributed by atoms with van der Waals surface area (Å²) >= 11 is 1.84. The van der Waals surface area contributed by atoms with Crippen molar-refractivity contribution in [2.45, 2.75) is 59.5 Å². The van der Waals surface area contributed by atoms with Gasteiger partial charge in [-0.05, 0) is 33.2 Å². The largest absolute Gasteiger partial charge is 0.346 e. The molecule has 104 valence electrons. The maximum Gasteiger partial charge on any atom is 0.186 e. The van der Waals surface area contributed by atoms with Crippen LogP contribution in [0.2, 0.25) is 0 Å². The molecule has 0 radical (unpaired) electrons. The number of hydrogen-bond donors (Lipinski definition) is 1. The smallest absolute Gasteiger partial charge is 0.186 e. The highest BCUT2D eigenvalue weighted by Gasteiger charge is 2.19. The fourth-order valence-electron chi connectivity index (χ4n) is 2.03. The lowest BCUT2D eigenvalue weighted by Crippen LogP contribution is -2.31. The Hall–Kier alpha value is -0.610. The SMILES string of the molecule is CCCN(c1nc(C(C)C)c(CNC)s1)C(C)C. The molecule has 0 bridgehead atoms. The maximum atomic E-state index is 4.87. The summed E-state index contributed by atoms with van der Waals surface area (Å²) in [6, 6.07) is 0.513.